The standard InChI is InChI=1S/C21H21N/c1-2-19-14-16-21(22-19)20(18-11-7-4-8-12-18)15-13-17-9-5-3-6-10-17/h3-16,20,22H,2H2,1H3/b15-13+. The summed E-state index contributed by atoms with van der Waals surface area (Å²) in [7, 11) is 0. The van der Waals surface area contributed by atoms with Gasteiger partial charge in [0.25, 0.3) is 0 Å². The van der Waals surface area contributed by atoms with E-state index in [2.05, 4.69) is 90.8 Å². The van der Waals surface area contributed by atoms with Crippen LogP contribution in [0.4, 0.5) is 0 Å². The average molecular weight is 287 g/mol. The third-order valence-corrected chi connectivity index (χ3v) is 3.92. The second-order valence-electron chi connectivity index (χ2n) is 5.45. The highest BCUT2D eigenvalue weighted by molar-refractivity contribution is 5.52. The first-order valence-electron chi connectivity index (χ1n) is 7.83. The number of rotatable bonds is 5. The molecule has 0 aliphatic rings. The molecule has 0 aliphatic carbocycles. The molecule has 0 bridgehead atoms. The van der Waals surface area contributed by atoms with Crippen LogP contribution in [0.15, 0.2) is 78.9 Å². The van der Waals surface area contributed by atoms with Crippen molar-refractivity contribution in [3.8, 4) is 0 Å². The molecule has 1 heterocycles. The highest BCUT2D eigenvalue weighted by Gasteiger charge is 2.12. The SMILES string of the molecule is CCc1ccc(C(/C=C/c2ccccc2)c2ccccc2)[nH]1. The molecule has 0 spiro atoms. The molecular weight excluding hydrogens is 266 g/mol. The third-order valence-electron chi connectivity index (χ3n) is 3.92. The Kier molecular flexibility index (Phi) is 4.55. The molecule has 0 saturated heterocycles. The molecule has 0 radical (unpaired) electrons. The van der Waals surface area contributed by atoms with Gasteiger partial charge in [0.15, 0.2) is 0 Å². The summed E-state index contributed by atoms with van der Waals surface area (Å²) in [5.74, 6) is 0.252. The van der Waals surface area contributed by atoms with Crippen molar-refractivity contribution in [3.63, 3.8) is 0 Å². The lowest BCUT2D eigenvalue weighted by molar-refractivity contribution is 0.945. The number of nitrogens with one attached hydrogen (secondary N) is 1. The molecule has 0 saturated carbocycles. The van der Waals surface area contributed by atoms with Crippen molar-refractivity contribution in [2.45, 2.75) is 19.3 Å². The second-order valence-corrected chi connectivity index (χ2v) is 5.45. The molecule has 1 unspecified atom stereocenters. The lowest BCUT2D eigenvalue weighted by Crippen LogP contribution is -1.98. The van der Waals surface area contributed by atoms with E-state index in [4.69, 9.17) is 0 Å². The molecule has 110 valence electrons. The average Bonchev–Trinajstić information content (AvgIpc) is 3.06. The van der Waals surface area contributed by atoms with Gasteiger partial charge in [-0.2, -0.15) is 0 Å². The number of aromatic amines is 1. The highest BCUT2D eigenvalue weighted by atomic mass is 14.7. The predicted molar refractivity (Wildman–Crippen MR) is 93.9 cm³/mol. The third kappa shape index (κ3) is 3.37. The molecular formula is C21H21N. The van der Waals surface area contributed by atoms with Crippen LogP contribution in [0.1, 0.15) is 35.4 Å². The zero-order valence-corrected chi connectivity index (χ0v) is 12.9. The van der Waals surface area contributed by atoms with E-state index in [1.807, 2.05) is 6.07 Å². The minimum absolute atomic E-state index is 0.252. The van der Waals surface area contributed by atoms with Crippen LogP contribution in [-0.2, 0) is 6.42 Å². The Hall–Kier alpha value is -2.54. The van der Waals surface area contributed by atoms with E-state index in [0.29, 0.717) is 0 Å². The Balaban J connectivity index is 1.94. The summed E-state index contributed by atoms with van der Waals surface area (Å²) in [6, 6.07) is 25.5. The first kappa shape index (κ1) is 14.4. The van der Waals surface area contributed by atoms with Crippen LogP contribution in [0.2, 0.25) is 0 Å². The Bertz CT molecular complexity index is 723. The van der Waals surface area contributed by atoms with Gasteiger partial charge in [0.2, 0.25) is 0 Å². The normalized spacial score (nSPS) is 12.6. The number of aromatic nitrogens is 1. The van der Waals surface area contributed by atoms with Crippen molar-refractivity contribution in [3.05, 3.63) is 101 Å². The molecule has 1 aromatic heterocycles. The fraction of sp³-hybridized carbons (Fsp3) is 0.143. The molecule has 3 rings (SSSR count). The first-order chi connectivity index (χ1) is 10.9. The van der Waals surface area contributed by atoms with Gasteiger partial charge in [0.1, 0.15) is 0 Å². The summed E-state index contributed by atoms with van der Waals surface area (Å²) < 4.78 is 0. The highest BCUT2D eigenvalue weighted by Crippen LogP contribution is 2.26. The molecule has 1 nitrogen and oxygen atoms in total. The maximum atomic E-state index is 3.55. The monoisotopic (exact) mass is 287 g/mol. The Labute approximate surface area is 132 Å². The lowest BCUT2D eigenvalue weighted by Gasteiger charge is -2.12. The van der Waals surface area contributed by atoms with Gasteiger partial charge < -0.3 is 4.98 Å². The van der Waals surface area contributed by atoms with E-state index < -0.39 is 0 Å². The van der Waals surface area contributed by atoms with Crippen molar-refractivity contribution >= 4 is 6.08 Å². The van der Waals surface area contributed by atoms with Gasteiger partial charge in [0.05, 0.1) is 0 Å². The van der Waals surface area contributed by atoms with E-state index >= 15 is 0 Å². The number of benzene rings is 2. The van der Waals surface area contributed by atoms with Crippen molar-refractivity contribution in [2.24, 2.45) is 0 Å². The number of hydrogen-bond acceptors (Lipinski definition) is 0. The van der Waals surface area contributed by atoms with E-state index in [0.717, 1.165) is 6.42 Å². The van der Waals surface area contributed by atoms with Crippen molar-refractivity contribution in [1.29, 1.82) is 0 Å². The molecule has 22 heavy (non-hydrogen) atoms. The topological polar surface area (TPSA) is 15.8 Å². The first-order valence-corrected chi connectivity index (χ1v) is 7.83. The zero-order chi connectivity index (χ0) is 15.2. The molecule has 1 heteroatoms. The van der Waals surface area contributed by atoms with Gasteiger partial charge in [-0.1, -0.05) is 79.7 Å². The Morgan fingerprint density at radius 3 is 2.18 bits per heavy atom. The summed E-state index contributed by atoms with van der Waals surface area (Å²) >= 11 is 0. The molecule has 1 atom stereocenters. The van der Waals surface area contributed by atoms with Crippen LogP contribution in [0, 0.1) is 0 Å². The molecule has 3 aromatic rings. The van der Waals surface area contributed by atoms with Crippen molar-refractivity contribution < 1.29 is 0 Å². The Morgan fingerprint density at radius 1 is 0.864 bits per heavy atom. The van der Waals surface area contributed by atoms with Crippen molar-refractivity contribution in [1.82, 2.24) is 4.98 Å². The van der Waals surface area contributed by atoms with Gasteiger partial charge in [-0.05, 0) is 29.7 Å². The smallest absolute Gasteiger partial charge is 0.0424 e. The van der Waals surface area contributed by atoms with Gasteiger partial charge in [-0.25, -0.2) is 0 Å². The summed E-state index contributed by atoms with van der Waals surface area (Å²) in [6.07, 6.45) is 5.50. The van der Waals surface area contributed by atoms with Crippen LogP contribution >= 0.6 is 0 Å². The van der Waals surface area contributed by atoms with Crippen LogP contribution in [0.5, 0.6) is 0 Å². The molecule has 0 amide bonds. The lowest BCUT2D eigenvalue weighted by atomic mass is 9.94. The maximum Gasteiger partial charge on any atom is 0.0424 e. The van der Waals surface area contributed by atoms with E-state index in [-0.39, 0.29) is 5.92 Å². The van der Waals surface area contributed by atoms with Crippen LogP contribution in [0.3, 0.4) is 0 Å². The Morgan fingerprint density at radius 2 is 1.55 bits per heavy atom. The van der Waals surface area contributed by atoms with Gasteiger partial charge in [-0.15, -0.1) is 0 Å². The largest absolute Gasteiger partial charge is 0.362 e. The van der Waals surface area contributed by atoms with Gasteiger partial charge in [0, 0.05) is 17.3 Å². The second kappa shape index (κ2) is 6.95. The summed E-state index contributed by atoms with van der Waals surface area (Å²) in [5, 5.41) is 0. The fourth-order valence-electron chi connectivity index (χ4n) is 2.67. The minimum Gasteiger partial charge on any atom is -0.362 e. The van der Waals surface area contributed by atoms with Crippen LogP contribution < -0.4 is 0 Å². The summed E-state index contributed by atoms with van der Waals surface area (Å²) in [4.78, 5) is 3.55. The number of aryl methyl sites for hydroxylation is 1. The van der Waals surface area contributed by atoms with E-state index in [1.165, 1.54) is 22.5 Å². The van der Waals surface area contributed by atoms with Crippen LogP contribution in [0.25, 0.3) is 6.08 Å². The number of H-pyrrole nitrogens is 1. The zero-order valence-electron chi connectivity index (χ0n) is 12.9. The maximum absolute atomic E-state index is 3.55. The predicted octanol–water partition coefficient (Wildman–Crippen LogP) is 5.42. The molecule has 1 N–H and O–H groups in total. The summed E-state index contributed by atoms with van der Waals surface area (Å²) in [5.41, 5.74) is 5.06. The van der Waals surface area contributed by atoms with E-state index in [1.54, 1.807) is 0 Å². The molecule has 0 fully saturated rings. The fourth-order valence-corrected chi connectivity index (χ4v) is 2.67. The summed E-state index contributed by atoms with van der Waals surface area (Å²) in [6.45, 7) is 2.17. The molecule has 0 aliphatic heterocycles. The van der Waals surface area contributed by atoms with Crippen LogP contribution in [-0.4, -0.2) is 4.98 Å². The van der Waals surface area contributed by atoms with Gasteiger partial charge in [-0.3, -0.25) is 0 Å². The number of allylic oxidation sites excluding steroid dienone is 1. The van der Waals surface area contributed by atoms with E-state index in [9.17, 15) is 0 Å². The number of hydrogen-bond donors (Lipinski definition) is 1. The molecule has 2 aromatic carbocycles. The van der Waals surface area contributed by atoms with Gasteiger partial charge >= 0.3 is 0 Å². The minimum atomic E-state index is 0.252. The quantitative estimate of drug-likeness (QED) is 0.644. The van der Waals surface area contributed by atoms with Crippen molar-refractivity contribution in [2.75, 3.05) is 0 Å².